The standard InChI is InChI=1S/C17H28N2/c1-4-16-7-5-6-15(3)17(16)18-10-13-19-11-8-14(2)9-12-19/h5-7,14,18H,4,8-13H2,1-3H3. The first-order valence-corrected chi connectivity index (χ1v) is 7.75. The van der Waals surface area contributed by atoms with Gasteiger partial charge in [0.25, 0.3) is 0 Å². The number of para-hydroxylation sites is 1. The maximum absolute atomic E-state index is 3.65. The molecule has 0 aromatic heterocycles. The van der Waals surface area contributed by atoms with Crippen molar-refractivity contribution < 1.29 is 0 Å². The molecular weight excluding hydrogens is 232 g/mol. The summed E-state index contributed by atoms with van der Waals surface area (Å²) in [6.07, 6.45) is 3.83. The van der Waals surface area contributed by atoms with Crippen LogP contribution in [0.5, 0.6) is 0 Å². The third-order valence-corrected chi connectivity index (χ3v) is 4.35. The minimum Gasteiger partial charge on any atom is -0.383 e. The highest BCUT2D eigenvalue weighted by Crippen LogP contribution is 2.21. The molecule has 1 aliphatic rings. The number of hydrogen-bond donors (Lipinski definition) is 1. The number of likely N-dealkylation sites (tertiary alicyclic amines) is 1. The molecule has 0 spiro atoms. The molecule has 0 atom stereocenters. The zero-order valence-corrected chi connectivity index (χ0v) is 12.7. The summed E-state index contributed by atoms with van der Waals surface area (Å²) in [5.41, 5.74) is 4.16. The van der Waals surface area contributed by atoms with Gasteiger partial charge in [0.2, 0.25) is 0 Å². The number of hydrogen-bond acceptors (Lipinski definition) is 2. The fourth-order valence-electron chi connectivity index (χ4n) is 2.90. The molecule has 2 nitrogen and oxygen atoms in total. The van der Waals surface area contributed by atoms with Crippen molar-refractivity contribution in [2.24, 2.45) is 5.92 Å². The van der Waals surface area contributed by atoms with E-state index in [-0.39, 0.29) is 0 Å². The topological polar surface area (TPSA) is 15.3 Å². The molecule has 1 fully saturated rings. The number of aryl methyl sites for hydroxylation is 2. The fourth-order valence-corrected chi connectivity index (χ4v) is 2.90. The van der Waals surface area contributed by atoms with Gasteiger partial charge < -0.3 is 10.2 Å². The van der Waals surface area contributed by atoms with E-state index in [0.717, 1.165) is 18.9 Å². The van der Waals surface area contributed by atoms with Gasteiger partial charge in [-0.15, -0.1) is 0 Å². The van der Waals surface area contributed by atoms with Crippen LogP contribution in [0, 0.1) is 12.8 Å². The quantitative estimate of drug-likeness (QED) is 0.868. The Bertz CT molecular complexity index is 392. The maximum Gasteiger partial charge on any atom is 0.0402 e. The highest BCUT2D eigenvalue weighted by atomic mass is 15.1. The zero-order valence-electron chi connectivity index (χ0n) is 12.7. The van der Waals surface area contributed by atoms with Crippen LogP contribution in [0.2, 0.25) is 0 Å². The Hall–Kier alpha value is -1.02. The van der Waals surface area contributed by atoms with E-state index < -0.39 is 0 Å². The van der Waals surface area contributed by atoms with Gasteiger partial charge in [0.1, 0.15) is 0 Å². The van der Waals surface area contributed by atoms with Crippen LogP contribution >= 0.6 is 0 Å². The van der Waals surface area contributed by atoms with E-state index in [0.29, 0.717) is 0 Å². The minimum absolute atomic E-state index is 0.923. The van der Waals surface area contributed by atoms with Crippen LogP contribution in [-0.4, -0.2) is 31.1 Å². The number of piperidine rings is 1. The van der Waals surface area contributed by atoms with Gasteiger partial charge in [-0.05, 0) is 56.3 Å². The third kappa shape index (κ3) is 3.97. The van der Waals surface area contributed by atoms with E-state index in [4.69, 9.17) is 0 Å². The first-order valence-electron chi connectivity index (χ1n) is 7.75. The smallest absolute Gasteiger partial charge is 0.0402 e. The Kier molecular flexibility index (Phi) is 5.26. The molecule has 2 rings (SSSR count). The Balaban J connectivity index is 1.82. The van der Waals surface area contributed by atoms with Gasteiger partial charge in [-0.1, -0.05) is 32.0 Å². The number of benzene rings is 1. The van der Waals surface area contributed by atoms with Crippen LogP contribution in [0.4, 0.5) is 5.69 Å². The van der Waals surface area contributed by atoms with Crippen molar-refractivity contribution in [3.05, 3.63) is 29.3 Å². The van der Waals surface area contributed by atoms with Crippen molar-refractivity contribution in [3.63, 3.8) is 0 Å². The first kappa shape index (κ1) is 14.4. The summed E-state index contributed by atoms with van der Waals surface area (Å²) in [6.45, 7) is 11.6. The fraction of sp³-hybridized carbons (Fsp3) is 0.647. The van der Waals surface area contributed by atoms with Crippen LogP contribution in [-0.2, 0) is 6.42 Å². The summed E-state index contributed by atoms with van der Waals surface area (Å²) < 4.78 is 0. The Labute approximate surface area is 118 Å². The SMILES string of the molecule is CCc1cccc(C)c1NCCN1CCC(C)CC1. The van der Waals surface area contributed by atoms with Crippen molar-refractivity contribution in [1.82, 2.24) is 4.90 Å². The molecule has 1 aliphatic heterocycles. The monoisotopic (exact) mass is 260 g/mol. The van der Waals surface area contributed by atoms with Gasteiger partial charge in [-0.25, -0.2) is 0 Å². The lowest BCUT2D eigenvalue weighted by atomic mass is 9.99. The molecule has 0 radical (unpaired) electrons. The van der Waals surface area contributed by atoms with Gasteiger partial charge in [-0.3, -0.25) is 0 Å². The second-order valence-electron chi connectivity index (χ2n) is 5.91. The number of rotatable bonds is 5. The molecule has 0 bridgehead atoms. The van der Waals surface area contributed by atoms with Crippen molar-refractivity contribution in [1.29, 1.82) is 0 Å². The van der Waals surface area contributed by atoms with Crippen molar-refractivity contribution in [2.75, 3.05) is 31.5 Å². The van der Waals surface area contributed by atoms with Gasteiger partial charge in [0, 0.05) is 18.8 Å². The molecule has 0 unspecified atom stereocenters. The normalized spacial score (nSPS) is 17.6. The molecule has 19 heavy (non-hydrogen) atoms. The van der Waals surface area contributed by atoms with E-state index in [1.165, 1.54) is 49.3 Å². The molecule has 1 heterocycles. The molecule has 106 valence electrons. The van der Waals surface area contributed by atoms with Crippen LogP contribution in [0.3, 0.4) is 0 Å². The summed E-state index contributed by atoms with van der Waals surface area (Å²) in [4.78, 5) is 2.59. The number of nitrogens with zero attached hydrogens (tertiary/aromatic N) is 1. The van der Waals surface area contributed by atoms with E-state index in [9.17, 15) is 0 Å². The average molecular weight is 260 g/mol. The predicted molar refractivity (Wildman–Crippen MR) is 83.9 cm³/mol. The van der Waals surface area contributed by atoms with Crippen molar-refractivity contribution >= 4 is 5.69 Å². The zero-order chi connectivity index (χ0) is 13.7. The number of anilines is 1. The maximum atomic E-state index is 3.65. The van der Waals surface area contributed by atoms with E-state index in [1.807, 2.05) is 0 Å². The van der Waals surface area contributed by atoms with E-state index in [2.05, 4.69) is 49.2 Å². The lowest BCUT2D eigenvalue weighted by molar-refractivity contribution is 0.199. The summed E-state index contributed by atoms with van der Waals surface area (Å²) >= 11 is 0. The molecule has 1 N–H and O–H groups in total. The van der Waals surface area contributed by atoms with E-state index >= 15 is 0 Å². The predicted octanol–water partition coefficient (Wildman–Crippen LogP) is 3.70. The Morgan fingerprint density at radius 2 is 2.00 bits per heavy atom. The summed E-state index contributed by atoms with van der Waals surface area (Å²) in [6, 6.07) is 6.59. The average Bonchev–Trinajstić information content (AvgIpc) is 2.42. The molecule has 1 saturated heterocycles. The van der Waals surface area contributed by atoms with E-state index in [1.54, 1.807) is 0 Å². The minimum atomic E-state index is 0.923. The molecular formula is C17H28N2. The van der Waals surface area contributed by atoms with Gasteiger partial charge in [0.15, 0.2) is 0 Å². The summed E-state index contributed by atoms with van der Waals surface area (Å²) in [5.74, 6) is 0.923. The molecule has 0 saturated carbocycles. The molecule has 2 heteroatoms. The first-order chi connectivity index (χ1) is 9.20. The van der Waals surface area contributed by atoms with Crippen LogP contribution in [0.15, 0.2) is 18.2 Å². The molecule has 1 aromatic rings. The lowest BCUT2D eigenvalue weighted by Gasteiger charge is -2.30. The lowest BCUT2D eigenvalue weighted by Crippen LogP contribution is -2.36. The van der Waals surface area contributed by atoms with Gasteiger partial charge in [-0.2, -0.15) is 0 Å². The van der Waals surface area contributed by atoms with Crippen LogP contribution in [0.25, 0.3) is 0 Å². The summed E-state index contributed by atoms with van der Waals surface area (Å²) in [7, 11) is 0. The van der Waals surface area contributed by atoms with Crippen LogP contribution < -0.4 is 5.32 Å². The van der Waals surface area contributed by atoms with Crippen LogP contribution in [0.1, 0.15) is 37.8 Å². The summed E-state index contributed by atoms with van der Waals surface area (Å²) in [5, 5.41) is 3.65. The van der Waals surface area contributed by atoms with Crippen molar-refractivity contribution in [3.8, 4) is 0 Å². The number of nitrogens with one attached hydrogen (secondary N) is 1. The highest BCUT2D eigenvalue weighted by molar-refractivity contribution is 5.57. The Morgan fingerprint density at radius 3 is 2.68 bits per heavy atom. The second-order valence-corrected chi connectivity index (χ2v) is 5.91. The van der Waals surface area contributed by atoms with Gasteiger partial charge >= 0.3 is 0 Å². The molecule has 0 amide bonds. The second kappa shape index (κ2) is 6.95. The highest BCUT2D eigenvalue weighted by Gasteiger charge is 2.15. The van der Waals surface area contributed by atoms with Crippen molar-refractivity contribution in [2.45, 2.75) is 40.0 Å². The third-order valence-electron chi connectivity index (χ3n) is 4.35. The largest absolute Gasteiger partial charge is 0.383 e. The molecule has 0 aliphatic carbocycles. The Morgan fingerprint density at radius 1 is 1.26 bits per heavy atom. The molecule has 1 aromatic carbocycles. The van der Waals surface area contributed by atoms with Gasteiger partial charge in [0.05, 0.1) is 0 Å².